The first-order chi connectivity index (χ1) is 5.65. The van der Waals surface area contributed by atoms with E-state index in [0.29, 0.717) is 11.8 Å². The maximum Gasteiger partial charge on any atom is 0.225 e. The van der Waals surface area contributed by atoms with Gasteiger partial charge in [0.05, 0.1) is 7.11 Å². The molecule has 1 heterocycles. The molecule has 2 unspecified atom stereocenters. The number of halogens is 1. The summed E-state index contributed by atoms with van der Waals surface area (Å²) in [6, 6.07) is 1.94. The van der Waals surface area contributed by atoms with Crippen molar-refractivity contribution in [3.05, 3.63) is 10.9 Å². The number of aromatic nitrogens is 1. The van der Waals surface area contributed by atoms with E-state index >= 15 is 0 Å². The summed E-state index contributed by atoms with van der Waals surface area (Å²) in [5, 5.41) is 0.134. The van der Waals surface area contributed by atoms with Gasteiger partial charge in [0.15, 0.2) is 0 Å². The van der Waals surface area contributed by atoms with Gasteiger partial charge in [0, 0.05) is 22.2 Å². The Kier molecular flexibility index (Phi) is 3.35. The predicted molar refractivity (Wildman–Crippen MR) is 52.4 cm³/mol. The van der Waals surface area contributed by atoms with Crippen molar-refractivity contribution in [3.8, 4) is 5.88 Å². The van der Waals surface area contributed by atoms with Crippen LogP contribution in [0.2, 0.25) is 0 Å². The number of alkyl halides is 1. The van der Waals surface area contributed by atoms with Gasteiger partial charge in [-0.1, -0.05) is 6.92 Å². The summed E-state index contributed by atoms with van der Waals surface area (Å²) in [4.78, 5) is 1.18. The molecule has 0 saturated heterocycles. The van der Waals surface area contributed by atoms with Gasteiger partial charge >= 0.3 is 0 Å². The first-order valence-electron chi connectivity index (χ1n) is 3.79. The van der Waals surface area contributed by atoms with E-state index in [1.54, 1.807) is 7.11 Å². The van der Waals surface area contributed by atoms with E-state index < -0.39 is 0 Å². The molecule has 68 valence electrons. The summed E-state index contributed by atoms with van der Waals surface area (Å²) in [7, 11) is 1.62. The number of hydrogen-bond acceptors (Lipinski definition) is 3. The van der Waals surface area contributed by atoms with Gasteiger partial charge in [-0.25, -0.2) is 0 Å². The molecule has 0 bridgehead atoms. The highest BCUT2D eigenvalue weighted by Crippen LogP contribution is 2.28. The summed E-state index contributed by atoms with van der Waals surface area (Å²) in [5.41, 5.74) is 0. The molecule has 0 aliphatic rings. The summed E-state index contributed by atoms with van der Waals surface area (Å²) >= 11 is 7.40. The third-order valence-electron chi connectivity index (χ3n) is 1.85. The maximum absolute atomic E-state index is 5.95. The SMILES string of the molecule is COc1cc(C(C)C(C)Cl)sn1. The third-order valence-corrected chi connectivity index (χ3v) is 3.20. The summed E-state index contributed by atoms with van der Waals surface area (Å²) in [5.74, 6) is 1.02. The van der Waals surface area contributed by atoms with E-state index in [1.807, 2.05) is 13.0 Å². The molecular weight excluding hydrogens is 194 g/mol. The fraction of sp³-hybridized carbons (Fsp3) is 0.625. The Morgan fingerprint density at radius 1 is 1.58 bits per heavy atom. The third kappa shape index (κ3) is 2.11. The van der Waals surface area contributed by atoms with E-state index in [0.717, 1.165) is 0 Å². The molecule has 1 rings (SSSR count). The van der Waals surface area contributed by atoms with Crippen LogP contribution >= 0.6 is 23.1 Å². The molecule has 1 aromatic rings. The predicted octanol–water partition coefficient (Wildman–Crippen LogP) is 2.88. The zero-order valence-corrected chi connectivity index (χ0v) is 8.95. The summed E-state index contributed by atoms with van der Waals surface area (Å²) in [6.45, 7) is 4.07. The number of rotatable bonds is 3. The van der Waals surface area contributed by atoms with E-state index in [4.69, 9.17) is 16.3 Å². The average Bonchev–Trinajstić information content (AvgIpc) is 2.50. The number of ether oxygens (including phenoxy) is 1. The zero-order chi connectivity index (χ0) is 9.14. The van der Waals surface area contributed by atoms with Gasteiger partial charge < -0.3 is 4.74 Å². The lowest BCUT2D eigenvalue weighted by Crippen LogP contribution is -2.02. The van der Waals surface area contributed by atoms with Gasteiger partial charge in [-0.2, -0.15) is 4.37 Å². The second kappa shape index (κ2) is 4.10. The van der Waals surface area contributed by atoms with Crippen molar-refractivity contribution in [1.29, 1.82) is 0 Å². The van der Waals surface area contributed by atoms with Crippen LogP contribution < -0.4 is 4.74 Å². The molecular formula is C8H12ClNOS. The van der Waals surface area contributed by atoms with Crippen molar-refractivity contribution in [1.82, 2.24) is 4.37 Å². The molecule has 0 aromatic carbocycles. The average molecular weight is 206 g/mol. The van der Waals surface area contributed by atoms with Gasteiger partial charge in [-0.15, -0.1) is 11.6 Å². The van der Waals surface area contributed by atoms with Crippen LogP contribution in [0.15, 0.2) is 6.07 Å². The molecule has 0 amide bonds. The molecule has 1 aromatic heterocycles. The first kappa shape index (κ1) is 9.81. The van der Waals surface area contributed by atoms with Gasteiger partial charge in [0.2, 0.25) is 5.88 Å². The topological polar surface area (TPSA) is 22.1 Å². The standard InChI is InChI=1S/C8H12ClNOS/c1-5(6(2)9)7-4-8(11-3)10-12-7/h4-6H,1-3H3. The Labute approximate surface area is 81.7 Å². The molecule has 0 radical (unpaired) electrons. The zero-order valence-electron chi connectivity index (χ0n) is 7.37. The first-order valence-corrected chi connectivity index (χ1v) is 5.00. The van der Waals surface area contributed by atoms with Crippen LogP contribution in [0.25, 0.3) is 0 Å². The monoisotopic (exact) mass is 205 g/mol. The molecule has 0 N–H and O–H groups in total. The Balaban J connectivity index is 2.74. The van der Waals surface area contributed by atoms with Gasteiger partial charge in [-0.3, -0.25) is 0 Å². The highest BCUT2D eigenvalue weighted by molar-refractivity contribution is 7.06. The van der Waals surface area contributed by atoms with Gasteiger partial charge in [0.1, 0.15) is 0 Å². The Hall–Kier alpha value is -0.280. The molecule has 4 heteroatoms. The lowest BCUT2D eigenvalue weighted by molar-refractivity contribution is 0.402. The van der Waals surface area contributed by atoms with Crippen LogP contribution in [-0.4, -0.2) is 16.9 Å². The van der Waals surface area contributed by atoms with Crippen LogP contribution in [0.5, 0.6) is 5.88 Å². The van der Waals surface area contributed by atoms with E-state index in [-0.39, 0.29) is 5.38 Å². The lowest BCUT2D eigenvalue weighted by Gasteiger charge is -2.09. The lowest BCUT2D eigenvalue weighted by atomic mass is 10.1. The van der Waals surface area contributed by atoms with Gasteiger partial charge in [0.25, 0.3) is 0 Å². The van der Waals surface area contributed by atoms with Crippen molar-refractivity contribution in [2.24, 2.45) is 0 Å². The highest BCUT2D eigenvalue weighted by Gasteiger charge is 2.14. The summed E-state index contributed by atoms with van der Waals surface area (Å²) < 4.78 is 9.08. The Morgan fingerprint density at radius 2 is 2.25 bits per heavy atom. The Bertz CT molecular complexity index is 249. The minimum Gasteiger partial charge on any atom is -0.480 e. The van der Waals surface area contributed by atoms with Crippen molar-refractivity contribution in [3.63, 3.8) is 0 Å². The van der Waals surface area contributed by atoms with Crippen LogP contribution in [0.3, 0.4) is 0 Å². The molecule has 12 heavy (non-hydrogen) atoms. The van der Waals surface area contributed by atoms with Crippen LogP contribution in [0, 0.1) is 0 Å². The highest BCUT2D eigenvalue weighted by atomic mass is 35.5. The van der Waals surface area contributed by atoms with Gasteiger partial charge in [-0.05, 0) is 18.5 Å². The molecule has 0 fully saturated rings. The van der Waals surface area contributed by atoms with Crippen molar-refractivity contribution >= 4 is 23.1 Å². The van der Waals surface area contributed by atoms with Crippen molar-refractivity contribution in [2.75, 3.05) is 7.11 Å². The second-order valence-corrected chi connectivity index (χ2v) is 4.26. The number of hydrogen-bond donors (Lipinski definition) is 0. The Morgan fingerprint density at radius 3 is 2.67 bits per heavy atom. The molecule has 2 atom stereocenters. The minimum absolute atomic E-state index is 0.134. The minimum atomic E-state index is 0.134. The fourth-order valence-electron chi connectivity index (χ4n) is 0.809. The largest absolute Gasteiger partial charge is 0.480 e. The molecule has 2 nitrogen and oxygen atoms in total. The van der Waals surface area contributed by atoms with Crippen LogP contribution in [-0.2, 0) is 0 Å². The maximum atomic E-state index is 5.95. The van der Waals surface area contributed by atoms with E-state index in [9.17, 15) is 0 Å². The van der Waals surface area contributed by atoms with E-state index in [1.165, 1.54) is 16.4 Å². The molecule has 0 spiro atoms. The summed E-state index contributed by atoms with van der Waals surface area (Å²) in [6.07, 6.45) is 0. The van der Waals surface area contributed by atoms with Crippen LogP contribution in [0.1, 0.15) is 24.6 Å². The number of methoxy groups -OCH3 is 1. The van der Waals surface area contributed by atoms with E-state index in [2.05, 4.69) is 11.3 Å². The second-order valence-electron chi connectivity index (χ2n) is 2.74. The van der Waals surface area contributed by atoms with Crippen molar-refractivity contribution in [2.45, 2.75) is 25.1 Å². The smallest absolute Gasteiger partial charge is 0.225 e. The quantitative estimate of drug-likeness (QED) is 0.708. The molecule has 0 saturated carbocycles. The molecule has 0 aliphatic heterocycles. The van der Waals surface area contributed by atoms with Crippen molar-refractivity contribution < 1.29 is 4.74 Å². The van der Waals surface area contributed by atoms with Crippen LogP contribution in [0.4, 0.5) is 0 Å². The normalized spacial score (nSPS) is 15.7. The fourth-order valence-corrected chi connectivity index (χ4v) is 1.87. The number of nitrogens with zero attached hydrogens (tertiary/aromatic N) is 1. The molecule has 0 aliphatic carbocycles.